The summed E-state index contributed by atoms with van der Waals surface area (Å²) in [5.41, 5.74) is 9.86. The molecule has 0 aliphatic heterocycles. The van der Waals surface area contributed by atoms with E-state index >= 15 is 0 Å². The number of hydrogen-bond acceptors (Lipinski definition) is 3. The zero-order valence-corrected chi connectivity index (χ0v) is 12.5. The summed E-state index contributed by atoms with van der Waals surface area (Å²) in [4.78, 5) is 12.3. The molecule has 19 heavy (non-hydrogen) atoms. The van der Waals surface area contributed by atoms with E-state index < -0.39 is 0 Å². The normalized spacial score (nSPS) is 12.3. The zero-order valence-electron chi connectivity index (χ0n) is 12.5. The lowest BCUT2D eigenvalue weighted by atomic mass is 9.91. The van der Waals surface area contributed by atoms with Gasteiger partial charge >= 0.3 is 0 Å². The number of nitrogens with zero attached hydrogens (tertiary/aromatic N) is 3. The van der Waals surface area contributed by atoms with Gasteiger partial charge < -0.3 is 5.73 Å². The number of fused-ring (bicyclic) bond motifs is 1. The Morgan fingerprint density at radius 2 is 1.89 bits per heavy atom. The minimum absolute atomic E-state index is 0.0135. The van der Waals surface area contributed by atoms with Crippen molar-refractivity contribution in [2.45, 2.75) is 46.5 Å². The molecule has 0 bridgehead atoms. The largest absolute Gasteiger partial charge is 0.394 e. The smallest absolute Gasteiger partial charge is 0.256 e. The SMILES string of the molecule is CCc1c(C)n2nc(C(C)(C)C)c(N)c2n(C)c1=O. The second-order valence-corrected chi connectivity index (χ2v) is 6.03. The Morgan fingerprint density at radius 1 is 1.32 bits per heavy atom. The maximum Gasteiger partial charge on any atom is 0.256 e. The van der Waals surface area contributed by atoms with Gasteiger partial charge in [-0.2, -0.15) is 5.10 Å². The lowest BCUT2D eigenvalue weighted by Crippen LogP contribution is -2.25. The summed E-state index contributed by atoms with van der Waals surface area (Å²) in [5.74, 6) is 0. The first-order valence-corrected chi connectivity index (χ1v) is 6.57. The summed E-state index contributed by atoms with van der Waals surface area (Å²) in [7, 11) is 1.75. The average Bonchev–Trinajstić information content (AvgIpc) is 2.65. The Hall–Kier alpha value is -1.78. The number of nitrogen functional groups attached to an aromatic ring is 1. The van der Waals surface area contributed by atoms with Crippen LogP contribution in [0.5, 0.6) is 0 Å². The van der Waals surface area contributed by atoms with E-state index in [2.05, 4.69) is 25.9 Å². The van der Waals surface area contributed by atoms with Gasteiger partial charge in [-0.05, 0) is 13.3 Å². The van der Waals surface area contributed by atoms with E-state index in [0.717, 1.165) is 17.0 Å². The predicted molar refractivity (Wildman–Crippen MR) is 77.7 cm³/mol. The standard InChI is InChI=1S/C14H22N4O/c1-7-9-8(2)18-12(17(6)13(9)19)10(15)11(16-18)14(3,4)5/h7,15H2,1-6H3. The fourth-order valence-corrected chi connectivity index (χ4v) is 2.52. The number of nitrogens with two attached hydrogens (primary N) is 1. The molecule has 0 amide bonds. The molecule has 2 rings (SSSR count). The van der Waals surface area contributed by atoms with Crippen LogP contribution < -0.4 is 11.3 Å². The van der Waals surface area contributed by atoms with Crippen molar-refractivity contribution in [2.75, 3.05) is 5.73 Å². The van der Waals surface area contributed by atoms with Crippen LogP contribution >= 0.6 is 0 Å². The summed E-state index contributed by atoms with van der Waals surface area (Å²) < 4.78 is 3.40. The third kappa shape index (κ3) is 1.84. The van der Waals surface area contributed by atoms with Crippen molar-refractivity contribution >= 4 is 11.3 Å². The van der Waals surface area contributed by atoms with Crippen molar-refractivity contribution in [2.24, 2.45) is 7.05 Å². The van der Waals surface area contributed by atoms with Crippen molar-refractivity contribution in [1.29, 1.82) is 0 Å². The van der Waals surface area contributed by atoms with Crippen LogP contribution in [0.3, 0.4) is 0 Å². The van der Waals surface area contributed by atoms with Crippen LogP contribution in [0.1, 0.15) is 44.6 Å². The highest BCUT2D eigenvalue weighted by Crippen LogP contribution is 2.29. The van der Waals surface area contributed by atoms with Crippen LogP contribution in [0.25, 0.3) is 5.65 Å². The second kappa shape index (κ2) is 4.11. The van der Waals surface area contributed by atoms with Gasteiger partial charge in [-0.1, -0.05) is 27.7 Å². The van der Waals surface area contributed by atoms with Crippen molar-refractivity contribution in [1.82, 2.24) is 14.2 Å². The fraction of sp³-hybridized carbons (Fsp3) is 0.571. The van der Waals surface area contributed by atoms with Crippen LogP contribution in [0, 0.1) is 6.92 Å². The highest BCUT2D eigenvalue weighted by molar-refractivity contribution is 5.70. The van der Waals surface area contributed by atoms with Gasteiger partial charge in [0.25, 0.3) is 5.56 Å². The molecule has 5 nitrogen and oxygen atoms in total. The molecule has 0 fully saturated rings. The van der Waals surface area contributed by atoms with Crippen LogP contribution in [0.4, 0.5) is 5.69 Å². The minimum Gasteiger partial charge on any atom is -0.394 e. The number of rotatable bonds is 1. The molecule has 0 radical (unpaired) electrons. The third-order valence-electron chi connectivity index (χ3n) is 3.60. The Kier molecular flexibility index (Phi) is 2.96. The molecule has 2 aromatic rings. The van der Waals surface area contributed by atoms with Crippen LogP contribution in [-0.4, -0.2) is 14.2 Å². The van der Waals surface area contributed by atoms with Crippen molar-refractivity contribution in [3.8, 4) is 0 Å². The van der Waals surface area contributed by atoms with Gasteiger partial charge in [0.15, 0.2) is 5.65 Å². The van der Waals surface area contributed by atoms with E-state index in [0.29, 0.717) is 17.8 Å². The molecular weight excluding hydrogens is 240 g/mol. The first-order valence-electron chi connectivity index (χ1n) is 6.57. The molecule has 0 atom stereocenters. The van der Waals surface area contributed by atoms with Crippen molar-refractivity contribution < 1.29 is 0 Å². The van der Waals surface area contributed by atoms with Gasteiger partial charge in [0.2, 0.25) is 0 Å². The average molecular weight is 262 g/mol. The number of anilines is 1. The minimum atomic E-state index is -0.148. The van der Waals surface area contributed by atoms with Crippen molar-refractivity contribution in [3.63, 3.8) is 0 Å². The molecule has 0 saturated carbocycles. The Balaban J connectivity index is 3.00. The van der Waals surface area contributed by atoms with Crippen LogP contribution in [-0.2, 0) is 18.9 Å². The van der Waals surface area contributed by atoms with Crippen LogP contribution in [0.2, 0.25) is 0 Å². The van der Waals surface area contributed by atoms with Gasteiger partial charge in [0, 0.05) is 18.0 Å². The van der Waals surface area contributed by atoms with E-state index in [9.17, 15) is 4.79 Å². The molecule has 0 aromatic carbocycles. The zero-order chi connectivity index (χ0) is 14.5. The second-order valence-electron chi connectivity index (χ2n) is 6.03. The molecule has 2 aromatic heterocycles. The maximum absolute atomic E-state index is 12.3. The number of hydrogen-bond donors (Lipinski definition) is 1. The third-order valence-corrected chi connectivity index (χ3v) is 3.60. The summed E-state index contributed by atoms with van der Waals surface area (Å²) in [5, 5.41) is 4.63. The predicted octanol–water partition coefficient (Wildman–Crippen LogP) is 1.78. The van der Waals surface area contributed by atoms with E-state index in [4.69, 9.17) is 5.73 Å². The van der Waals surface area contributed by atoms with E-state index in [1.165, 1.54) is 0 Å². The molecule has 0 aliphatic rings. The molecule has 0 unspecified atom stereocenters. The molecule has 5 heteroatoms. The monoisotopic (exact) mass is 262 g/mol. The Morgan fingerprint density at radius 3 is 2.37 bits per heavy atom. The van der Waals surface area contributed by atoms with Gasteiger partial charge in [0.05, 0.1) is 17.1 Å². The quantitative estimate of drug-likeness (QED) is 0.852. The highest BCUT2D eigenvalue weighted by Gasteiger charge is 2.25. The van der Waals surface area contributed by atoms with Gasteiger partial charge in [-0.15, -0.1) is 0 Å². The molecular formula is C14H22N4O. The van der Waals surface area contributed by atoms with E-state index in [1.807, 2.05) is 13.8 Å². The topological polar surface area (TPSA) is 65.3 Å². The Bertz CT molecular complexity index is 701. The van der Waals surface area contributed by atoms with E-state index in [1.54, 1.807) is 16.1 Å². The molecule has 2 N–H and O–H groups in total. The lowest BCUT2D eigenvalue weighted by molar-refractivity contribution is 0.563. The van der Waals surface area contributed by atoms with Gasteiger partial charge in [-0.25, -0.2) is 4.52 Å². The number of aromatic nitrogens is 3. The first-order chi connectivity index (χ1) is 8.70. The molecule has 0 spiro atoms. The van der Waals surface area contributed by atoms with E-state index in [-0.39, 0.29) is 11.0 Å². The van der Waals surface area contributed by atoms with Crippen molar-refractivity contribution in [3.05, 3.63) is 27.3 Å². The molecule has 0 aliphatic carbocycles. The number of aryl methyl sites for hydroxylation is 2. The van der Waals surface area contributed by atoms with Gasteiger partial charge in [-0.3, -0.25) is 9.36 Å². The highest BCUT2D eigenvalue weighted by atomic mass is 16.1. The molecule has 0 saturated heterocycles. The summed E-state index contributed by atoms with van der Waals surface area (Å²) in [6.45, 7) is 10.1. The summed E-state index contributed by atoms with van der Waals surface area (Å²) >= 11 is 0. The first kappa shape index (κ1) is 13.6. The van der Waals surface area contributed by atoms with Crippen LogP contribution in [0.15, 0.2) is 4.79 Å². The van der Waals surface area contributed by atoms with Gasteiger partial charge in [0.1, 0.15) is 0 Å². The lowest BCUT2D eigenvalue weighted by Gasteiger charge is -2.15. The maximum atomic E-state index is 12.3. The summed E-state index contributed by atoms with van der Waals surface area (Å²) in [6, 6.07) is 0. The molecule has 104 valence electrons. The summed E-state index contributed by atoms with van der Waals surface area (Å²) in [6.07, 6.45) is 0.694. The fourth-order valence-electron chi connectivity index (χ4n) is 2.52. The Labute approximate surface area is 113 Å². The molecule has 2 heterocycles.